The minimum Gasteiger partial charge on any atom is -0.304 e. The molecule has 7 heteroatoms. The molecule has 0 aliphatic carbocycles. The van der Waals surface area contributed by atoms with Crippen molar-refractivity contribution in [3.8, 4) is 21.3 Å². The van der Waals surface area contributed by atoms with Crippen molar-refractivity contribution in [2.75, 3.05) is 0 Å². The van der Waals surface area contributed by atoms with Crippen LogP contribution in [0.1, 0.15) is 11.3 Å². The number of rotatable bonds is 5. The molecule has 0 N–H and O–H groups in total. The maximum Gasteiger partial charge on any atom is 0.191 e. The Morgan fingerprint density at radius 3 is 2.84 bits per heavy atom. The third kappa shape index (κ3) is 3.53. The standard InChI is InChI=1S/C18H16N4S3/c1-12-5-3-6-13(9-12)17-19-14(10-24-17)11-25-18-21-20-16(22(18)2)15-7-4-8-23-15/h3-10H,11H2,1-2H3. The van der Waals surface area contributed by atoms with E-state index in [4.69, 9.17) is 4.98 Å². The van der Waals surface area contributed by atoms with Crippen LogP contribution < -0.4 is 0 Å². The predicted octanol–water partition coefficient (Wildman–Crippen LogP) is 5.27. The van der Waals surface area contributed by atoms with Crippen molar-refractivity contribution in [2.45, 2.75) is 17.8 Å². The highest BCUT2D eigenvalue weighted by Crippen LogP contribution is 2.30. The molecule has 0 fully saturated rings. The Bertz CT molecular complexity index is 986. The van der Waals surface area contributed by atoms with E-state index in [0.29, 0.717) is 0 Å². The van der Waals surface area contributed by atoms with Crippen LogP contribution in [0, 0.1) is 6.92 Å². The number of thiophene rings is 1. The van der Waals surface area contributed by atoms with Crippen LogP contribution >= 0.6 is 34.4 Å². The third-order valence-electron chi connectivity index (χ3n) is 3.74. The Morgan fingerprint density at radius 2 is 2.04 bits per heavy atom. The van der Waals surface area contributed by atoms with Gasteiger partial charge in [0.25, 0.3) is 0 Å². The second kappa shape index (κ2) is 7.11. The number of hydrogen-bond acceptors (Lipinski definition) is 6. The SMILES string of the molecule is Cc1cccc(-c2nc(CSc3nnc(-c4cccs4)n3C)cs2)c1. The number of nitrogens with zero attached hydrogens (tertiary/aromatic N) is 4. The molecule has 0 bridgehead atoms. The summed E-state index contributed by atoms with van der Waals surface area (Å²) in [6, 6.07) is 12.6. The Labute approximate surface area is 158 Å². The van der Waals surface area contributed by atoms with Gasteiger partial charge in [-0.1, -0.05) is 41.6 Å². The Morgan fingerprint density at radius 1 is 1.12 bits per heavy atom. The first kappa shape index (κ1) is 16.5. The van der Waals surface area contributed by atoms with Crippen LogP contribution in [0.3, 0.4) is 0 Å². The van der Waals surface area contributed by atoms with Gasteiger partial charge in [-0.05, 0) is 24.4 Å². The normalized spacial score (nSPS) is 11.1. The summed E-state index contributed by atoms with van der Waals surface area (Å²) >= 11 is 5.03. The first-order chi connectivity index (χ1) is 12.2. The summed E-state index contributed by atoms with van der Waals surface area (Å²) in [5, 5.41) is 14.8. The fourth-order valence-electron chi connectivity index (χ4n) is 2.48. The van der Waals surface area contributed by atoms with Crippen LogP contribution in [0.2, 0.25) is 0 Å². The molecule has 0 aliphatic heterocycles. The number of benzene rings is 1. The van der Waals surface area contributed by atoms with E-state index in [2.05, 4.69) is 58.2 Å². The minimum absolute atomic E-state index is 0.790. The van der Waals surface area contributed by atoms with Crippen molar-refractivity contribution in [2.24, 2.45) is 7.05 Å². The molecule has 3 heterocycles. The first-order valence-corrected chi connectivity index (χ1v) is 10.5. The lowest BCUT2D eigenvalue weighted by molar-refractivity contribution is 0.794. The molecule has 25 heavy (non-hydrogen) atoms. The van der Waals surface area contributed by atoms with Crippen LogP contribution in [-0.2, 0) is 12.8 Å². The number of aromatic nitrogens is 4. The Hall–Kier alpha value is -1.96. The number of hydrogen-bond donors (Lipinski definition) is 0. The van der Waals surface area contributed by atoms with Crippen LogP contribution in [0.25, 0.3) is 21.3 Å². The molecule has 0 saturated carbocycles. The Balaban J connectivity index is 1.48. The van der Waals surface area contributed by atoms with Gasteiger partial charge in [-0.2, -0.15) is 0 Å². The zero-order valence-electron chi connectivity index (χ0n) is 13.8. The van der Waals surface area contributed by atoms with Crippen molar-refractivity contribution in [3.05, 3.63) is 58.4 Å². The van der Waals surface area contributed by atoms with E-state index >= 15 is 0 Å². The summed E-state index contributed by atoms with van der Waals surface area (Å²) < 4.78 is 2.05. The van der Waals surface area contributed by atoms with Gasteiger partial charge in [0.05, 0.1) is 10.6 Å². The molecule has 0 spiro atoms. The predicted molar refractivity (Wildman–Crippen MR) is 106 cm³/mol. The molecule has 4 nitrogen and oxygen atoms in total. The number of thioether (sulfide) groups is 1. The van der Waals surface area contributed by atoms with Crippen LogP contribution in [-0.4, -0.2) is 19.7 Å². The smallest absolute Gasteiger partial charge is 0.191 e. The van der Waals surface area contributed by atoms with Gasteiger partial charge in [0.1, 0.15) is 5.01 Å². The maximum absolute atomic E-state index is 4.77. The first-order valence-electron chi connectivity index (χ1n) is 7.78. The van der Waals surface area contributed by atoms with E-state index in [9.17, 15) is 0 Å². The summed E-state index contributed by atoms with van der Waals surface area (Å²) in [4.78, 5) is 5.90. The van der Waals surface area contributed by atoms with Gasteiger partial charge >= 0.3 is 0 Å². The summed E-state index contributed by atoms with van der Waals surface area (Å²) in [7, 11) is 2.01. The molecule has 3 aromatic heterocycles. The van der Waals surface area contributed by atoms with E-state index in [1.54, 1.807) is 34.4 Å². The van der Waals surface area contributed by atoms with Crippen molar-refractivity contribution in [1.29, 1.82) is 0 Å². The highest BCUT2D eigenvalue weighted by molar-refractivity contribution is 7.98. The van der Waals surface area contributed by atoms with Crippen LogP contribution in [0.4, 0.5) is 0 Å². The average Bonchev–Trinajstić information content (AvgIpc) is 3.34. The second-order valence-electron chi connectivity index (χ2n) is 5.64. The summed E-state index contributed by atoms with van der Waals surface area (Å²) in [5.41, 5.74) is 3.51. The maximum atomic E-state index is 4.77. The third-order valence-corrected chi connectivity index (χ3v) is 6.60. The fourth-order valence-corrected chi connectivity index (χ4v) is 4.95. The minimum atomic E-state index is 0.790. The van der Waals surface area contributed by atoms with E-state index < -0.39 is 0 Å². The van der Waals surface area contributed by atoms with Crippen LogP contribution in [0.5, 0.6) is 0 Å². The molecule has 0 saturated heterocycles. The molecule has 126 valence electrons. The fraction of sp³-hybridized carbons (Fsp3) is 0.167. The lowest BCUT2D eigenvalue weighted by Crippen LogP contribution is -1.94. The zero-order chi connectivity index (χ0) is 17.2. The van der Waals surface area contributed by atoms with E-state index in [1.807, 2.05) is 17.7 Å². The molecule has 4 aromatic rings. The number of thiazole rings is 1. The van der Waals surface area contributed by atoms with E-state index in [1.165, 1.54) is 11.1 Å². The van der Waals surface area contributed by atoms with Gasteiger partial charge in [-0.25, -0.2) is 4.98 Å². The van der Waals surface area contributed by atoms with Gasteiger partial charge < -0.3 is 4.57 Å². The van der Waals surface area contributed by atoms with Crippen molar-refractivity contribution in [1.82, 2.24) is 19.7 Å². The average molecular weight is 385 g/mol. The second-order valence-corrected chi connectivity index (χ2v) is 8.39. The molecule has 0 atom stereocenters. The molecule has 0 unspecified atom stereocenters. The topological polar surface area (TPSA) is 43.6 Å². The highest BCUT2D eigenvalue weighted by Gasteiger charge is 2.13. The van der Waals surface area contributed by atoms with E-state index in [-0.39, 0.29) is 0 Å². The van der Waals surface area contributed by atoms with Crippen molar-refractivity contribution >= 4 is 34.4 Å². The quantitative estimate of drug-likeness (QED) is 0.440. The molecule has 0 radical (unpaired) electrons. The highest BCUT2D eigenvalue weighted by atomic mass is 32.2. The van der Waals surface area contributed by atoms with Gasteiger partial charge in [-0.3, -0.25) is 0 Å². The summed E-state index contributed by atoms with van der Waals surface area (Å²) in [5.74, 6) is 1.70. The van der Waals surface area contributed by atoms with Gasteiger partial charge in [-0.15, -0.1) is 32.9 Å². The van der Waals surface area contributed by atoms with Crippen LogP contribution in [0.15, 0.2) is 52.3 Å². The monoisotopic (exact) mass is 384 g/mol. The Kier molecular flexibility index (Phi) is 4.70. The molecular formula is C18H16N4S3. The summed E-state index contributed by atoms with van der Waals surface area (Å²) in [6.45, 7) is 2.10. The molecule has 0 amide bonds. The molecule has 1 aromatic carbocycles. The lowest BCUT2D eigenvalue weighted by atomic mass is 10.1. The lowest BCUT2D eigenvalue weighted by Gasteiger charge is -2.01. The van der Waals surface area contributed by atoms with Gasteiger partial charge in [0, 0.05) is 23.7 Å². The molecule has 4 rings (SSSR count). The van der Waals surface area contributed by atoms with Crippen molar-refractivity contribution in [3.63, 3.8) is 0 Å². The van der Waals surface area contributed by atoms with Gasteiger partial charge in [0.2, 0.25) is 0 Å². The van der Waals surface area contributed by atoms with Gasteiger partial charge in [0.15, 0.2) is 11.0 Å². The van der Waals surface area contributed by atoms with E-state index in [0.717, 1.165) is 32.3 Å². The largest absolute Gasteiger partial charge is 0.304 e. The zero-order valence-corrected chi connectivity index (χ0v) is 16.3. The van der Waals surface area contributed by atoms with Crippen molar-refractivity contribution < 1.29 is 0 Å². The molecular weight excluding hydrogens is 368 g/mol. The summed E-state index contributed by atoms with van der Waals surface area (Å²) in [6.07, 6.45) is 0. The molecule has 0 aliphatic rings. The number of aryl methyl sites for hydroxylation is 1.